The van der Waals surface area contributed by atoms with E-state index in [9.17, 15) is 9.18 Å². The first kappa shape index (κ1) is 14.1. The van der Waals surface area contributed by atoms with Gasteiger partial charge in [-0.25, -0.2) is 9.18 Å². The number of nitrogens with two attached hydrogens (primary N) is 1. The third-order valence-electron chi connectivity index (χ3n) is 2.70. The van der Waals surface area contributed by atoms with Gasteiger partial charge in [-0.3, -0.25) is 0 Å². The Bertz CT molecular complexity index is 662. The number of esters is 1. The minimum Gasteiger partial charge on any atom is -0.465 e. The van der Waals surface area contributed by atoms with Crippen LogP contribution >= 0.6 is 11.6 Å². The topological polar surface area (TPSA) is 64.3 Å². The first-order valence-corrected chi connectivity index (χ1v) is 6.09. The number of carbonyl (C=O) groups excluding carboxylic acids is 1. The summed E-state index contributed by atoms with van der Waals surface area (Å²) in [6.45, 7) is 0. The van der Waals surface area contributed by atoms with Crippen molar-refractivity contribution in [2.45, 2.75) is 0 Å². The Morgan fingerprint density at radius 1 is 1.30 bits per heavy atom. The maximum Gasteiger partial charge on any atom is 0.337 e. The average Bonchev–Trinajstić information content (AvgIpc) is 2.45. The van der Waals surface area contributed by atoms with Crippen molar-refractivity contribution in [3.05, 3.63) is 52.8 Å². The number of halogens is 2. The lowest BCUT2D eigenvalue weighted by Gasteiger charge is -2.12. The summed E-state index contributed by atoms with van der Waals surface area (Å²) >= 11 is 5.70. The van der Waals surface area contributed by atoms with Crippen molar-refractivity contribution in [3.63, 3.8) is 0 Å². The van der Waals surface area contributed by atoms with Crippen LogP contribution in [0.25, 0.3) is 0 Å². The Morgan fingerprint density at radius 3 is 2.75 bits per heavy atom. The Balaban J connectivity index is 2.38. The van der Waals surface area contributed by atoms with Gasteiger partial charge in [0.1, 0.15) is 0 Å². The summed E-state index contributed by atoms with van der Waals surface area (Å²) in [5.41, 5.74) is 7.05. The van der Waals surface area contributed by atoms with Gasteiger partial charge in [0.2, 0.25) is 0 Å². The molecule has 0 atom stereocenters. The van der Waals surface area contributed by atoms with Crippen LogP contribution in [-0.2, 0) is 4.74 Å². The second-order valence-corrected chi connectivity index (χ2v) is 4.43. The van der Waals surface area contributed by atoms with E-state index in [0.29, 0.717) is 16.9 Å². The number of benzene rings is 2. The molecule has 0 bridgehead atoms. The molecule has 0 aliphatic carbocycles. The average molecular weight is 295 g/mol. The van der Waals surface area contributed by atoms with E-state index in [2.05, 4.69) is 10.1 Å². The first-order chi connectivity index (χ1) is 9.52. The number of carbonyl (C=O) groups is 1. The SMILES string of the molecule is COC(=O)c1ccc(N)c(Nc2cccc(Cl)c2F)c1. The first-order valence-electron chi connectivity index (χ1n) is 5.72. The van der Waals surface area contributed by atoms with Crippen molar-refractivity contribution >= 4 is 34.6 Å². The van der Waals surface area contributed by atoms with E-state index in [1.807, 2.05) is 0 Å². The molecule has 0 unspecified atom stereocenters. The highest BCUT2D eigenvalue weighted by molar-refractivity contribution is 6.31. The number of nitrogen functional groups attached to an aromatic ring is 1. The highest BCUT2D eigenvalue weighted by atomic mass is 35.5. The maximum absolute atomic E-state index is 13.8. The number of nitrogens with one attached hydrogen (secondary N) is 1. The summed E-state index contributed by atoms with van der Waals surface area (Å²) in [5.74, 6) is -1.09. The zero-order valence-corrected chi connectivity index (χ0v) is 11.4. The number of hydrogen-bond donors (Lipinski definition) is 2. The van der Waals surface area contributed by atoms with Gasteiger partial charge in [0.25, 0.3) is 0 Å². The third-order valence-corrected chi connectivity index (χ3v) is 2.99. The molecule has 104 valence electrons. The predicted octanol–water partition coefficient (Wildman–Crippen LogP) is 3.59. The fraction of sp³-hybridized carbons (Fsp3) is 0.0714. The predicted molar refractivity (Wildman–Crippen MR) is 76.9 cm³/mol. The lowest BCUT2D eigenvalue weighted by atomic mass is 10.1. The van der Waals surface area contributed by atoms with E-state index in [1.165, 1.54) is 37.4 Å². The van der Waals surface area contributed by atoms with E-state index >= 15 is 0 Å². The molecule has 2 aromatic rings. The van der Waals surface area contributed by atoms with Crippen LogP contribution in [0.2, 0.25) is 5.02 Å². The lowest BCUT2D eigenvalue weighted by Crippen LogP contribution is -2.04. The Morgan fingerprint density at radius 2 is 2.05 bits per heavy atom. The number of hydrogen-bond acceptors (Lipinski definition) is 4. The summed E-state index contributed by atoms with van der Waals surface area (Å²) in [6, 6.07) is 9.12. The molecule has 0 heterocycles. The van der Waals surface area contributed by atoms with Crippen molar-refractivity contribution < 1.29 is 13.9 Å². The van der Waals surface area contributed by atoms with E-state index < -0.39 is 11.8 Å². The summed E-state index contributed by atoms with van der Waals surface area (Å²) in [7, 11) is 1.28. The highest BCUT2D eigenvalue weighted by Gasteiger charge is 2.11. The molecule has 0 spiro atoms. The Kier molecular flexibility index (Phi) is 4.10. The summed E-state index contributed by atoms with van der Waals surface area (Å²) in [4.78, 5) is 11.5. The van der Waals surface area contributed by atoms with Crippen LogP contribution in [0.3, 0.4) is 0 Å². The minimum atomic E-state index is -0.586. The van der Waals surface area contributed by atoms with Crippen LogP contribution in [0, 0.1) is 5.82 Å². The molecule has 2 rings (SSSR count). The van der Waals surface area contributed by atoms with Gasteiger partial charge in [-0.2, -0.15) is 0 Å². The number of methoxy groups -OCH3 is 1. The van der Waals surface area contributed by atoms with E-state index in [-0.39, 0.29) is 10.7 Å². The Labute approximate surface area is 120 Å². The van der Waals surface area contributed by atoms with Gasteiger partial charge in [0.15, 0.2) is 5.82 Å². The van der Waals surface area contributed by atoms with Crippen LogP contribution in [0.5, 0.6) is 0 Å². The van der Waals surface area contributed by atoms with Crippen molar-refractivity contribution in [3.8, 4) is 0 Å². The quantitative estimate of drug-likeness (QED) is 0.671. The number of rotatable bonds is 3. The number of ether oxygens (including phenoxy) is 1. The van der Waals surface area contributed by atoms with Gasteiger partial charge in [-0.05, 0) is 30.3 Å². The summed E-state index contributed by atoms with van der Waals surface area (Å²) < 4.78 is 18.4. The second-order valence-electron chi connectivity index (χ2n) is 4.02. The zero-order valence-electron chi connectivity index (χ0n) is 10.6. The molecule has 0 saturated heterocycles. The largest absolute Gasteiger partial charge is 0.465 e. The molecule has 2 aromatic carbocycles. The molecular weight excluding hydrogens is 283 g/mol. The molecule has 0 amide bonds. The van der Waals surface area contributed by atoms with Gasteiger partial charge in [0, 0.05) is 0 Å². The molecule has 4 nitrogen and oxygen atoms in total. The molecule has 6 heteroatoms. The lowest BCUT2D eigenvalue weighted by molar-refractivity contribution is 0.0601. The fourth-order valence-corrected chi connectivity index (χ4v) is 1.83. The minimum absolute atomic E-state index is 0.00214. The van der Waals surface area contributed by atoms with Crippen LogP contribution in [0.4, 0.5) is 21.5 Å². The summed E-state index contributed by atoms with van der Waals surface area (Å²) in [5, 5.41) is 2.81. The highest BCUT2D eigenvalue weighted by Crippen LogP contribution is 2.29. The molecule has 0 saturated carbocycles. The molecule has 0 fully saturated rings. The van der Waals surface area contributed by atoms with Crippen LogP contribution in [-0.4, -0.2) is 13.1 Å². The summed E-state index contributed by atoms with van der Waals surface area (Å²) in [6.07, 6.45) is 0. The molecule has 20 heavy (non-hydrogen) atoms. The molecule has 0 radical (unpaired) electrons. The smallest absolute Gasteiger partial charge is 0.337 e. The standard InChI is InChI=1S/C14H12ClFN2O2/c1-20-14(19)8-5-6-10(17)12(7-8)18-11-4-2-3-9(15)13(11)16/h2-7,18H,17H2,1H3. The van der Waals surface area contributed by atoms with Gasteiger partial charge in [0.05, 0.1) is 34.8 Å². The molecule has 3 N–H and O–H groups in total. The van der Waals surface area contributed by atoms with Crippen molar-refractivity contribution in [1.29, 1.82) is 0 Å². The third kappa shape index (κ3) is 2.83. The Hall–Kier alpha value is -2.27. The molecule has 0 aliphatic heterocycles. The van der Waals surface area contributed by atoms with E-state index in [4.69, 9.17) is 17.3 Å². The van der Waals surface area contributed by atoms with Crippen molar-refractivity contribution in [1.82, 2.24) is 0 Å². The molecule has 0 aliphatic rings. The van der Waals surface area contributed by atoms with Crippen LogP contribution in [0.1, 0.15) is 10.4 Å². The van der Waals surface area contributed by atoms with Gasteiger partial charge in [-0.1, -0.05) is 17.7 Å². The van der Waals surface area contributed by atoms with Gasteiger partial charge in [-0.15, -0.1) is 0 Å². The molecular formula is C14H12ClFN2O2. The van der Waals surface area contributed by atoms with Crippen LogP contribution < -0.4 is 11.1 Å². The maximum atomic E-state index is 13.8. The zero-order chi connectivity index (χ0) is 14.7. The fourth-order valence-electron chi connectivity index (χ4n) is 1.65. The molecule has 0 aromatic heterocycles. The monoisotopic (exact) mass is 294 g/mol. The van der Waals surface area contributed by atoms with Crippen LogP contribution in [0.15, 0.2) is 36.4 Å². The van der Waals surface area contributed by atoms with E-state index in [1.54, 1.807) is 6.07 Å². The van der Waals surface area contributed by atoms with E-state index in [0.717, 1.165) is 0 Å². The van der Waals surface area contributed by atoms with Crippen molar-refractivity contribution in [2.75, 3.05) is 18.2 Å². The van der Waals surface area contributed by atoms with Gasteiger partial charge < -0.3 is 15.8 Å². The van der Waals surface area contributed by atoms with Gasteiger partial charge >= 0.3 is 5.97 Å². The second kappa shape index (κ2) is 5.79. The normalized spacial score (nSPS) is 10.2. The number of anilines is 3. The van der Waals surface area contributed by atoms with Crippen molar-refractivity contribution in [2.24, 2.45) is 0 Å².